The monoisotopic (exact) mass is 303 g/mol. The van der Waals surface area contributed by atoms with Gasteiger partial charge in [-0.1, -0.05) is 73.5 Å². The van der Waals surface area contributed by atoms with Crippen LogP contribution in [0.2, 0.25) is 0 Å². The number of hydrogen-bond acceptors (Lipinski definition) is 2. The second-order valence-electron chi connectivity index (χ2n) is 4.93. The summed E-state index contributed by atoms with van der Waals surface area (Å²) in [4.78, 5) is 2.48. The lowest BCUT2D eigenvalue weighted by Gasteiger charge is -2.21. The van der Waals surface area contributed by atoms with Crippen molar-refractivity contribution in [2.75, 3.05) is 5.32 Å². The van der Waals surface area contributed by atoms with Gasteiger partial charge in [-0.15, -0.1) is 0 Å². The summed E-state index contributed by atoms with van der Waals surface area (Å²) in [6.45, 7) is 7.42. The summed E-state index contributed by atoms with van der Waals surface area (Å²) in [5.41, 5.74) is 4.67. The molecule has 0 saturated heterocycles. The molecule has 2 heteroatoms. The van der Waals surface area contributed by atoms with Crippen molar-refractivity contribution in [2.45, 2.75) is 9.79 Å². The van der Waals surface area contributed by atoms with Gasteiger partial charge in [0.15, 0.2) is 0 Å². The van der Waals surface area contributed by atoms with E-state index in [0.29, 0.717) is 0 Å². The molecule has 108 valence electrons. The molecule has 0 unspecified atom stereocenters. The minimum absolute atomic E-state index is 1.16. The predicted octanol–water partition coefficient (Wildman–Crippen LogP) is 6.29. The van der Waals surface area contributed by atoms with Crippen LogP contribution < -0.4 is 5.32 Å². The van der Waals surface area contributed by atoms with E-state index < -0.39 is 0 Å². The topological polar surface area (TPSA) is 12.0 Å². The van der Waals surface area contributed by atoms with Gasteiger partial charge in [-0.3, -0.25) is 0 Å². The normalized spacial score (nSPS) is 12.7. The molecule has 0 saturated carbocycles. The van der Waals surface area contributed by atoms with Crippen molar-refractivity contribution in [1.82, 2.24) is 0 Å². The maximum absolute atomic E-state index is 3.71. The molecule has 0 bridgehead atoms. The highest BCUT2D eigenvalue weighted by molar-refractivity contribution is 7.99. The molecular formula is C20H17NS. The van der Waals surface area contributed by atoms with Gasteiger partial charge in [0, 0.05) is 9.79 Å². The van der Waals surface area contributed by atoms with Crippen molar-refractivity contribution in [1.29, 1.82) is 0 Å². The zero-order valence-electron chi connectivity index (χ0n) is 12.3. The Bertz CT molecular complexity index is 719. The molecule has 0 fully saturated rings. The van der Waals surface area contributed by atoms with Crippen LogP contribution in [-0.2, 0) is 0 Å². The highest BCUT2D eigenvalue weighted by atomic mass is 32.2. The molecule has 22 heavy (non-hydrogen) atoms. The van der Waals surface area contributed by atoms with Gasteiger partial charge in [-0.25, -0.2) is 0 Å². The van der Waals surface area contributed by atoms with Gasteiger partial charge < -0.3 is 5.32 Å². The smallest absolute Gasteiger partial charge is 0.0526 e. The minimum Gasteiger partial charge on any atom is -0.354 e. The van der Waals surface area contributed by atoms with Crippen LogP contribution in [0.5, 0.6) is 0 Å². The van der Waals surface area contributed by atoms with Crippen LogP contribution in [-0.4, -0.2) is 0 Å². The lowest BCUT2D eigenvalue weighted by Crippen LogP contribution is -2.00. The second-order valence-corrected chi connectivity index (χ2v) is 6.01. The molecule has 2 aromatic rings. The Morgan fingerprint density at radius 1 is 0.773 bits per heavy atom. The predicted molar refractivity (Wildman–Crippen MR) is 98.8 cm³/mol. The number of hydrogen-bond donors (Lipinski definition) is 1. The molecular weight excluding hydrogens is 286 g/mol. The van der Waals surface area contributed by atoms with Crippen molar-refractivity contribution in [3.05, 3.63) is 85.0 Å². The van der Waals surface area contributed by atoms with E-state index in [1.165, 1.54) is 20.9 Å². The summed E-state index contributed by atoms with van der Waals surface area (Å²) in [5, 5.41) is 3.50. The molecule has 1 nitrogen and oxygen atoms in total. The average molecular weight is 303 g/mol. The zero-order chi connectivity index (χ0) is 15.4. The Hall–Kier alpha value is -2.45. The third kappa shape index (κ3) is 3.07. The van der Waals surface area contributed by atoms with Crippen LogP contribution >= 0.6 is 11.8 Å². The maximum atomic E-state index is 3.71. The Balaban J connectivity index is 1.92. The van der Waals surface area contributed by atoms with E-state index in [0.717, 1.165) is 11.4 Å². The van der Waals surface area contributed by atoms with Crippen LogP contribution in [0.4, 0.5) is 11.4 Å². The van der Waals surface area contributed by atoms with Crippen molar-refractivity contribution < 1.29 is 0 Å². The Morgan fingerprint density at radius 2 is 1.27 bits per heavy atom. The zero-order valence-corrected chi connectivity index (χ0v) is 13.1. The molecule has 1 aliphatic heterocycles. The number of allylic oxidation sites excluding steroid dienone is 4. The number of fused-ring (bicyclic) bond motifs is 2. The highest BCUT2D eigenvalue weighted by Gasteiger charge is 2.15. The molecule has 0 aromatic heterocycles. The van der Waals surface area contributed by atoms with Crippen molar-refractivity contribution >= 4 is 35.3 Å². The number of benzene rings is 2. The van der Waals surface area contributed by atoms with Crippen LogP contribution in [0, 0.1) is 0 Å². The van der Waals surface area contributed by atoms with E-state index in [-0.39, 0.29) is 0 Å². The molecule has 3 rings (SSSR count). The molecule has 0 amide bonds. The van der Waals surface area contributed by atoms with E-state index in [1.54, 1.807) is 23.9 Å². The summed E-state index contributed by atoms with van der Waals surface area (Å²) >= 11 is 1.80. The number of anilines is 2. The third-order valence-corrected chi connectivity index (χ3v) is 4.47. The lowest BCUT2D eigenvalue weighted by molar-refractivity contribution is 1.30. The Kier molecular flexibility index (Phi) is 4.31. The third-order valence-electron chi connectivity index (χ3n) is 3.35. The molecule has 1 heterocycles. The van der Waals surface area contributed by atoms with Crippen molar-refractivity contribution in [3.63, 3.8) is 0 Å². The molecule has 0 spiro atoms. The SMILES string of the molecule is C=C/C=C/c1ccc2c(c1)Sc1cc(/C=C/C=C)ccc1N2. The number of rotatable bonds is 4. The largest absolute Gasteiger partial charge is 0.354 e. The number of nitrogens with one attached hydrogen (secondary N) is 1. The van der Waals surface area contributed by atoms with Crippen LogP contribution in [0.1, 0.15) is 11.1 Å². The van der Waals surface area contributed by atoms with Gasteiger partial charge in [0.05, 0.1) is 11.4 Å². The van der Waals surface area contributed by atoms with Crippen LogP contribution in [0.25, 0.3) is 12.2 Å². The molecule has 1 aliphatic rings. The molecule has 0 atom stereocenters. The van der Waals surface area contributed by atoms with E-state index in [1.807, 2.05) is 12.2 Å². The quantitative estimate of drug-likeness (QED) is 0.568. The van der Waals surface area contributed by atoms with Crippen LogP contribution in [0.3, 0.4) is 0 Å². The summed E-state index contributed by atoms with van der Waals surface area (Å²) in [5.74, 6) is 0. The first-order chi connectivity index (χ1) is 10.8. The lowest BCUT2D eigenvalue weighted by atomic mass is 10.1. The van der Waals surface area contributed by atoms with Gasteiger partial charge in [0.25, 0.3) is 0 Å². The van der Waals surface area contributed by atoms with E-state index in [4.69, 9.17) is 0 Å². The highest BCUT2D eigenvalue weighted by Crippen LogP contribution is 2.44. The van der Waals surface area contributed by atoms with E-state index in [2.05, 4.69) is 67.0 Å². The van der Waals surface area contributed by atoms with Gasteiger partial charge >= 0.3 is 0 Å². The van der Waals surface area contributed by atoms with Gasteiger partial charge in [0.2, 0.25) is 0 Å². The first kappa shape index (κ1) is 14.5. The summed E-state index contributed by atoms with van der Waals surface area (Å²) in [7, 11) is 0. The Morgan fingerprint density at radius 3 is 1.73 bits per heavy atom. The first-order valence-electron chi connectivity index (χ1n) is 7.11. The average Bonchev–Trinajstić information content (AvgIpc) is 2.56. The van der Waals surface area contributed by atoms with Crippen molar-refractivity contribution in [2.24, 2.45) is 0 Å². The van der Waals surface area contributed by atoms with Gasteiger partial charge in [-0.2, -0.15) is 0 Å². The Labute approximate surface area is 135 Å². The fourth-order valence-corrected chi connectivity index (χ4v) is 3.37. The van der Waals surface area contributed by atoms with Gasteiger partial charge in [0.1, 0.15) is 0 Å². The molecule has 2 aromatic carbocycles. The van der Waals surface area contributed by atoms with E-state index in [9.17, 15) is 0 Å². The summed E-state index contributed by atoms with van der Waals surface area (Å²) in [6, 6.07) is 12.9. The summed E-state index contributed by atoms with van der Waals surface area (Å²) < 4.78 is 0. The van der Waals surface area contributed by atoms with Crippen LogP contribution in [0.15, 0.2) is 83.7 Å². The minimum atomic E-state index is 1.16. The second kappa shape index (κ2) is 6.54. The van der Waals surface area contributed by atoms with E-state index >= 15 is 0 Å². The fraction of sp³-hybridized carbons (Fsp3) is 0. The first-order valence-corrected chi connectivity index (χ1v) is 7.93. The standard InChI is InChI=1S/C20H17NS/c1-3-5-7-15-9-11-17-19(13-15)22-20-14-16(8-6-4-2)10-12-18(20)21-17/h3-14,21H,1-2H2/b7-5+,8-6+. The molecule has 0 aliphatic carbocycles. The molecule has 1 N–H and O–H groups in total. The molecule has 0 radical (unpaired) electrons. The van der Waals surface area contributed by atoms with Crippen molar-refractivity contribution in [3.8, 4) is 0 Å². The maximum Gasteiger partial charge on any atom is 0.0526 e. The van der Waals surface area contributed by atoms with Gasteiger partial charge in [-0.05, 0) is 35.4 Å². The fourth-order valence-electron chi connectivity index (χ4n) is 2.28. The summed E-state index contributed by atoms with van der Waals surface area (Å²) in [6.07, 6.45) is 11.6.